The Morgan fingerprint density at radius 3 is 2.73 bits per heavy atom. The number of halogens is 1. The van der Waals surface area contributed by atoms with Crippen LogP contribution >= 0.6 is 0 Å². The molecule has 1 fully saturated rings. The summed E-state index contributed by atoms with van der Waals surface area (Å²) < 4.78 is 46.0. The van der Waals surface area contributed by atoms with E-state index in [1.54, 1.807) is 13.0 Å². The van der Waals surface area contributed by atoms with Crippen LogP contribution in [0.15, 0.2) is 35.1 Å². The van der Waals surface area contributed by atoms with Gasteiger partial charge in [-0.3, -0.25) is 4.84 Å². The van der Waals surface area contributed by atoms with Gasteiger partial charge in [0.15, 0.2) is 0 Å². The fourth-order valence-electron chi connectivity index (χ4n) is 3.36. The molecule has 0 aliphatic carbocycles. The minimum absolute atomic E-state index is 0.0297. The molecular weight excluding hydrogens is 415 g/mol. The third kappa shape index (κ3) is 5.09. The Kier molecular flexibility index (Phi) is 6.65. The second-order valence-corrected chi connectivity index (χ2v) is 9.62. The second kappa shape index (κ2) is 8.88. The molecule has 1 spiro atoms. The number of hydrogen-bond donors (Lipinski definition) is 2. The molecule has 0 unspecified atom stereocenters. The van der Waals surface area contributed by atoms with Gasteiger partial charge >= 0.3 is 6.09 Å². The molecule has 1 amide bonds. The molecule has 1 aromatic carbocycles. The van der Waals surface area contributed by atoms with E-state index in [4.69, 9.17) is 9.57 Å². The molecule has 2 aliphatic heterocycles. The van der Waals surface area contributed by atoms with Gasteiger partial charge in [-0.1, -0.05) is 6.07 Å². The molecule has 9 nitrogen and oxygen atoms in total. The first-order valence-corrected chi connectivity index (χ1v) is 11.1. The average Bonchev–Trinajstić information content (AvgIpc) is 3.05. The molecule has 2 N–H and O–H groups in total. The van der Waals surface area contributed by atoms with Crippen molar-refractivity contribution < 1.29 is 27.2 Å². The van der Waals surface area contributed by atoms with E-state index in [-0.39, 0.29) is 23.9 Å². The fraction of sp³-hybridized carbons (Fsp3) is 0.526. The molecule has 30 heavy (non-hydrogen) atoms. The summed E-state index contributed by atoms with van der Waals surface area (Å²) in [4.78, 5) is 19.4. The summed E-state index contributed by atoms with van der Waals surface area (Å²) in [6, 6.07) is 3.73. The van der Waals surface area contributed by atoms with E-state index in [2.05, 4.69) is 10.8 Å². The van der Waals surface area contributed by atoms with Crippen molar-refractivity contribution in [2.24, 2.45) is 0 Å². The zero-order chi connectivity index (χ0) is 21.9. The molecule has 1 saturated heterocycles. The van der Waals surface area contributed by atoms with Crippen molar-refractivity contribution in [3.63, 3.8) is 0 Å². The Labute approximate surface area is 175 Å². The lowest BCUT2D eigenvalue weighted by atomic mass is 9.93. The molecule has 0 radical (unpaired) electrons. The predicted octanol–water partition coefficient (Wildman–Crippen LogP) is 1.32. The van der Waals surface area contributed by atoms with E-state index >= 15 is 0 Å². The summed E-state index contributed by atoms with van der Waals surface area (Å²) in [5.41, 5.74) is 2.33. The first-order chi connectivity index (χ1) is 14.1. The number of hydroxylamine groups is 1. The number of carbonyl (C=O) groups is 1. The van der Waals surface area contributed by atoms with Crippen LogP contribution < -0.4 is 10.8 Å². The highest BCUT2D eigenvalue weighted by Crippen LogP contribution is 2.34. The van der Waals surface area contributed by atoms with Gasteiger partial charge in [-0.05, 0) is 51.6 Å². The van der Waals surface area contributed by atoms with Crippen molar-refractivity contribution in [2.45, 2.75) is 30.3 Å². The molecule has 0 atom stereocenters. The minimum Gasteiger partial charge on any atom is -0.392 e. The summed E-state index contributed by atoms with van der Waals surface area (Å²) in [5.74, 6) is -0.417. The van der Waals surface area contributed by atoms with Crippen molar-refractivity contribution in [3.05, 3.63) is 41.5 Å². The molecule has 0 aromatic heterocycles. The highest BCUT2D eigenvalue weighted by Gasteiger charge is 2.42. The number of ether oxygens (including phenoxy) is 1. The number of alkyl carbamates (subject to hydrolysis) is 1. The van der Waals surface area contributed by atoms with Gasteiger partial charge in [0.1, 0.15) is 11.4 Å². The monoisotopic (exact) mass is 442 g/mol. The molecule has 2 heterocycles. The molecule has 11 heteroatoms. The standard InChI is InChI=1S/C19H27FN4O5S/c1-14-4-5-15(20)12-16(14)30(26,27)24-9-6-19(7-10-24)13-17(22-29-19)28-18(25)21-8-11-23(2)3/h4-5,12-13,22H,6-11H2,1-3H3,(H,21,25). The van der Waals surface area contributed by atoms with Crippen LogP contribution in [0, 0.1) is 12.7 Å². The maximum Gasteiger partial charge on any atom is 0.413 e. The Balaban J connectivity index is 1.59. The lowest BCUT2D eigenvalue weighted by Crippen LogP contribution is -2.46. The van der Waals surface area contributed by atoms with Crippen molar-refractivity contribution in [2.75, 3.05) is 40.3 Å². The Bertz CT molecular complexity index is 927. The normalized spacial score (nSPS) is 18.9. The van der Waals surface area contributed by atoms with Crippen molar-refractivity contribution in [1.29, 1.82) is 0 Å². The molecule has 166 valence electrons. The third-order valence-corrected chi connectivity index (χ3v) is 7.16. The van der Waals surface area contributed by atoms with Crippen molar-refractivity contribution in [3.8, 4) is 0 Å². The number of rotatable bonds is 6. The number of carbonyl (C=O) groups excluding carboxylic acids is 1. The number of amides is 1. The number of sulfonamides is 1. The highest BCUT2D eigenvalue weighted by atomic mass is 32.2. The SMILES string of the molecule is Cc1ccc(F)cc1S(=O)(=O)N1CCC2(C=C(OC(=O)NCCN(C)C)NO2)CC1. The molecule has 0 saturated carbocycles. The predicted molar refractivity (Wildman–Crippen MR) is 107 cm³/mol. The number of aryl methyl sites for hydroxylation is 1. The van der Waals surface area contributed by atoms with Gasteiger partial charge < -0.3 is 15.0 Å². The number of nitrogens with one attached hydrogen (secondary N) is 2. The van der Waals surface area contributed by atoms with Crippen molar-refractivity contribution in [1.82, 2.24) is 20.0 Å². The average molecular weight is 443 g/mol. The fourth-order valence-corrected chi connectivity index (χ4v) is 5.04. The maximum atomic E-state index is 13.6. The second-order valence-electron chi connectivity index (χ2n) is 7.71. The molecule has 1 aromatic rings. The van der Waals surface area contributed by atoms with E-state index < -0.39 is 27.5 Å². The molecular formula is C19H27FN4O5S. The van der Waals surface area contributed by atoms with Crippen LogP contribution in [0.5, 0.6) is 0 Å². The largest absolute Gasteiger partial charge is 0.413 e. The van der Waals surface area contributed by atoms with Crippen LogP contribution in [-0.4, -0.2) is 69.6 Å². The zero-order valence-corrected chi connectivity index (χ0v) is 18.1. The van der Waals surface area contributed by atoms with Crippen molar-refractivity contribution >= 4 is 16.1 Å². The quantitative estimate of drug-likeness (QED) is 0.685. The minimum atomic E-state index is -3.81. The van der Waals surface area contributed by atoms with Gasteiger partial charge in [0.2, 0.25) is 15.9 Å². The first-order valence-electron chi connectivity index (χ1n) is 9.65. The van der Waals surface area contributed by atoms with Crippen LogP contribution in [0.2, 0.25) is 0 Å². The summed E-state index contributed by atoms with van der Waals surface area (Å²) >= 11 is 0. The van der Waals surface area contributed by atoms with Crippen LogP contribution in [0.25, 0.3) is 0 Å². The van der Waals surface area contributed by atoms with Gasteiger partial charge in [0.05, 0.1) is 4.90 Å². The number of hydrogen-bond acceptors (Lipinski definition) is 7. The van der Waals surface area contributed by atoms with Gasteiger partial charge in [-0.15, -0.1) is 0 Å². The summed E-state index contributed by atoms with van der Waals surface area (Å²) in [7, 11) is -0.0207. The molecule has 0 bridgehead atoms. The van der Waals surface area contributed by atoms with Gasteiger partial charge in [0.25, 0.3) is 0 Å². The molecule has 3 rings (SSSR count). The summed E-state index contributed by atoms with van der Waals surface area (Å²) in [6.07, 6.45) is 1.79. The summed E-state index contributed by atoms with van der Waals surface area (Å²) in [6.45, 7) is 3.14. The van der Waals surface area contributed by atoms with Crippen LogP contribution in [0.1, 0.15) is 18.4 Å². The number of nitrogens with zero attached hydrogens (tertiary/aromatic N) is 2. The highest BCUT2D eigenvalue weighted by molar-refractivity contribution is 7.89. The number of benzene rings is 1. The van der Waals surface area contributed by atoms with Gasteiger partial charge in [-0.25, -0.2) is 23.1 Å². The molecule has 2 aliphatic rings. The van der Waals surface area contributed by atoms with E-state index in [0.29, 0.717) is 31.5 Å². The lowest BCUT2D eigenvalue weighted by Gasteiger charge is -2.35. The number of piperidine rings is 1. The maximum absolute atomic E-state index is 13.6. The van der Waals surface area contributed by atoms with Gasteiger partial charge in [-0.2, -0.15) is 4.31 Å². The first kappa shape index (κ1) is 22.5. The van der Waals surface area contributed by atoms with Crippen LogP contribution in [0.3, 0.4) is 0 Å². The Hall–Kier alpha value is -2.21. The van der Waals surface area contributed by atoms with E-state index in [0.717, 1.165) is 6.07 Å². The summed E-state index contributed by atoms with van der Waals surface area (Å²) in [5, 5.41) is 2.63. The third-order valence-electron chi connectivity index (χ3n) is 5.12. The van der Waals surface area contributed by atoms with Crippen LogP contribution in [0.4, 0.5) is 9.18 Å². The van der Waals surface area contributed by atoms with Crippen LogP contribution in [-0.2, 0) is 19.6 Å². The number of likely N-dealkylation sites (N-methyl/N-ethyl adjacent to an activating group) is 1. The topological polar surface area (TPSA) is 100 Å². The Morgan fingerprint density at radius 1 is 1.37 bits per heavy atom. The van der Waals surface area contributed by atoms with Gasteiger partial charge in [0, 0.05) is 32.3 Å². The van der Waals surface area contributed by atoms with E-state index in [9.17, 15) is 17.6 Å². The van der Waals surface area contributed by atoms with E-state index in [1.165, 1.54) is 16.4 Å². The zero-order valence-electron chi connectivity index (χ0n) is 17.3. The lowest BCUT2D eigenvalue weighted by molar-refractivity contribution is -0.0729. The Morgan fingerprint density at radius 2 is 2.07 bits per heavy atom. The smallest absolute Gasteiger partial charge is 0.392 e. The van der Waals surface area contributed by atoms with E-state index in [1.807, 2.05) is 19.0 Å².